The van der Waals surface area contributed by atoms with Crippen molar-refractivity contribution in [3.05, 3.63) is 0 Å². The third kappa shape index (κ3) is 6.82. The molecule has 0 saturated carbocycles. The summed E-state index contributed by atoms with van der Waals surface area (Å²) >= 11 is 0. The van der Waals surface area contributed by atoms with Crippen LogP contribution in [0.2, 0.25) is 0 Å². The van der Waals surface area contributed by atoms with Crippen LogP contribution < -0.4 is 0 Å². The van der Waals surface area contributed by atoms with Gasteiger partial charge in [-0.3, -0.25) is 0 Å². The van der Waals surface area contributed by atoms with Gasteiger partial charge >= 0.3 is 0 Å². The van der Waals surface area contributed by atoms with Crippen LogP contribution in [-0.2, 0) is 4.74 Å². The van der Waals surface area contributed by atoms with Crippen molar-refractivity contribution in [2.45, 2.75) is 61.2 Å². The smallest absolute Gasteiger partial charge is 0.160 e. The molecule has 0 fully saturated rings. The first kappa shape index (κ1) is 20.3. The molecule has 0 saturated heterocycles. The Balaban J connectivity index is 4.88. The van der Waals surface area contributed by atoms with E-state index in [4.69, 9.17) is 4.74 Å². The standard InChI is InChI=1S/C17H38O2S/c1-15(2,3)13-17(7,16(4,5)6)14(18)19-11-12-20(8,9)10/h14,18H,11-13H2,1-10H3. The molecule has 2 atom stereocenters. The lowest BCUT2D eigenvalue weighted by Crippen LogP contribution is -2.47. The van der Waals surface area contributed by atoms with Crippen LogP contribution in [0.4, 0.5) is 0 Å². The molecule has 0 heterocycles. The Hall–Kier alpha value is 0.270. The van der Waals surface area contributed by atoms with E-state index in [-0.39, 0.29) is 16.2 Å². The molecule has 3 heteroatoms. The molecule has 124 valence electrons. The monoisotopic (exact) mass is 306 g/mol. The average molecular weight is 307 g/mol. The van der Waals surface area contributed by atoms with Crippen LogP contribution in [0.1, 0.15) is 54.9 Å². The van der Waals surface area contributed by atoms with Gasteiger partial charge in [0.1, 0.15) is 0 Å². The molecule has 0 aliphatic carbocycles. The fourth-order valence-electron chi connectivity index (χ4n) is 2.42. The first-order chi connectivity index (χ1) is 8.58. The fourth-order valence-corrected chi connectivity index (χ4v) is 3.01. The number of ether oxygens (including phenoxy) is 1. The highest BCUT2D eigenvalue weighted by Gasteiger charge is 2.46. The van der Waals surface area contributed by atoms with E-state index in [1.165, 1.54) is 0 Å². The molecule has 0 radical (unpaired) electrons. The van der Waals surface area contributed by atoms with Crippen molar-refractivity contribution >= 4 is 10.0 Å². The summed E-state index contributed by atoms with van der Waals surface area (Å²) in [5.74, 6) is 1.04. The molecule has 0 amide bonds. The van der Waals surface area contributed by atoms with E-state index in [1.807, 2.05) is 0 Å². The SMILES string of the molecule is CC(C)(C)CC(C)(C(O)OCCS(C)(C)C)C(C)(C)C. The second-order valence-electron chi connectivity index (χ2n) is 9.42. The van der Waals surface area contributed by atoms with Crippen LogP contribution in [-0.4, -0.2) is 42.5 Å². The van der Waals surface area contributed by atoms with E-state index in [0.717, 1.165) is 12.2 Å². The molecule has 2 unspecified atom stereocenters. The van der Waals surface area contributed by atoms with Gasteiger partial charge in [0.05, 0.1) is 6.61 Å². The number of aliphatic hydroxyl groups excluding tert-OH is 1. The lowest BCUT2D eigenvalue weighted by atomic mass is 9.61. The minimum absolute atomic E-state index is 0.00567. The molecule has 0 bridgehead atoms. The van der Waals surface area contributed by atoms with Crippen LogP contribution in [0.15, 0.2) is 0 Å². The Labute approximate surface area is 129 Å². The molecule has 0 aromatic heterocycles. The van der Waals surface area contributed by atoms with E-state index in [9.17, 15) is 5.11 Å². The third-order valence-corrected chi connectivity index (χ3v) is 5.52. The van der Waals surface area contributed by atoms with Gasteiger partial charge in [-0.15, -0.1) is 0 Å². The minimum Gasteiger partial charge on any atom is -0.367 e. The molecule has 0 aromatic rings. The summed E-state index contributed by atoms with van der Waals surface area (Å²) in [6, 6.07) is 0. The van der Waals surface area contributed by atoms with Crippen molar-refractivity contribution in [2.75, 3.05) is 31.1 Å². The maximum Gasteiger partial charge on any atom is 0.160 e. The van der Waals surface area contributed by atoms with Gasteiger partial charge in [-0.05, 0) is 36.0 Å². The van der Waals surface area contributed by atoms with Gasteiger partial charge in [0, 0.05) is 11.2 Å². The maximum atomic E-state index is 10.7. The summed E-state index contributed by atoms with van der Waals surface area (Å²) in [6.45, 7) is 16.1. The predicted octanol–water partition coefficient (Wildman–Crippen LogP) is 4.50. The molecular formula is C17H38O2S. The van der Waals surface area contributed by atoms with Crippen molar-refractivity contribution in [1.29, 1.82) is 0 Å². The average Bonchev–Trinajstić information content (AvgIpc) is 2.10. The van der Waals surface area contributed by atoms with E-state index in [2.05, 4.69) is 67.2 Å². The quantitative estimate of drug-likeness (QED) is 0.732. The number of hydrogen-bond donors (Lipinski definition) is 1. The van der Waals surface area contributed by atoms with Crippen molar-refractivity contribution in [2.24, 2.45) is 16.2 Å². The molecular weight excluding hydrogens is 268 g/mol. The largest absolute Gasteiger partial charge is 0.367 e. The molecule has 2 nitrogen and oxygen atoms in total. The van der Waals surface area contributed by atoms with E-state index >= 15 is 0 Å². The number of aliphatic hydroxyl groups is 1. The summed E-state index contributed by atoms with van der Waals surface area (Å²) in [5, 5.41) is 10.7. The van der Waals surface area contributed by atoms with E-state index in [1.54, 1.807) is 0 Å². The maximum absolute atomic E-state index is 10.7. The number of rotatable bonds is 6. The Morgan fingerprint density at radius 3 is 1.70 bits per heavy atom. The first-order valence-electron chi connectivity index (χ1n) is 7.54. The Kier molecular flexibility index (Phi) is 6.67. The summed E-state index contributed by atoms with van der Waals surface area (Å²) in [5.41, 5.74) is -0.0889. The molecule has 0 aliphatic rings. The number of hydrogen-bond acceptors (Lipinski definition) is 2. The van der Waals surface area contributed by atoms with Gasteiger partial charge in [-0.25, -0.2) is 10.0 Å². The Morgan fingerprint density at radius 2 is 1.40 bits per heavy atom. The van der Waals surface area contributed by atoms with Gasteiger partial charge in [0.15, 0.2) is 6.29 Å². The second kappa shape index (κ2) is 6.58. The second-order valence-corrected chi connectivity index (χ2v) is 14.0. The van der Waals surface area contributed by atoms with Crippen molar-refractivity contribution in [3.8, 4) is 0 Å². The van der Waals surface area contributed by atoms with Crippen LogP contribution in [0.5, 0.6) is 0 Å². The van der Waals surface area contributed by atoms with Crippen molar-refractivity contribution < 1.29 is 9.84 Å². The lowest BCUT2D eigenvalue weighted by Gasteiger charge is -2.48. The van der Waals surface area contributed by atoms with Crippen molar-refractivity contribution in [3.63, 3.8) is 0 Å². The van der Waals surface area contributed by atoms with Gasteiger partial charge in [-0.2, -0.15) is 0 Å². The minimum atomic E-state index is -0.705. The summed E-state index contributed by atoms with van der Waals surface area (Å²) in [4.78, 5) is 0. The Morgan fingerprint density at radius 1 is 0.950 bits per heavy atom. The highest BCUT2D eigenvalue weighted by molar-refractivity contribution is 8.32. The zero-order chi connectivity index (χ0) is 16.4. The third-order valence-electron chi connectivity index (χ3n) is 4.13. The first-order valence-corrected chi connectivity index (χ1v) is 10.6. The lowest BCUT2D eigenvalue weighted by molar-refractivity contribution is -0.209. The van der Waals surface area contributed by atoms with E-state index < -0.39 is 16.3 Å². The van der Waals surface area contributed by atoms with Crippen LogP contribution in [0.3, 0.4) is 0 Å². The normalized spacial score (nSPS) is 19.6. The Bertz CT molecular complexity index is 294. The zero-order valence-electron chi connectivity index (χ0n) is 15.5. The summed E-state index contributed by atoms with van der Waals surface area (Å²) in [6.07, 6.45) is 7.07. The van der Waals surface area contributed by atoms with Gasteiger partial charge < -0.3 is 9.84 Å². The van der Waals surface area contributed by atoms with Crippen LogP contribution in [0.25, 0.3) is 0 Å². The van der Waals surface area contributed by atoms with Gasteiger partial charge in [0.2, 0.25) is 0 Å². The van der Waals surface area contributed by atoms with Crippen LogP contribution >= 0.6 is 10.0 Å². The molecule has 0 aromatic carbocycles. The van der Waals surface area contributed by atoms with Gasteiger partial charge in [0.25, 0.3) is 0 Å². The predicted molar refractivity (Wildman–Crippen MR) is 93.8 cm³/mol. The molecule has 0 spiro atoms. The highest BCUT2D eigenvalue weighted by atomic mass is 32.3. The summed E-state index contributed by atoms with van der Waals surface area (Å²) < 4.78 is 5.83. The van der Waals surface area contributed by atoms with Crippen molar-refractivity contribution in [1.82, 2.24) is 0 Å². The molecule has 0 rings (SSSR count). The molecule has 20 heavy (non-hydrogen) atoms. The molecule has 1 N–H and O–H groups in total. The summed E-state index contributed by atoms with van der Waals surface area (Å²) in [7, 11) is -0.572. The molecule has 0 aliphatic heterocycles. The van der Waals surface area contributed by atoms with Gasteiger partial charge in [-0.1, -0.05) is 48.5 Å². The zero-order valence-corrected chi connectivity index (χ0v) is 16.3. The van der Waals surface area contributed by atoms with E-state index in [0.29, 0.717) is 6.61 Å². The topological polar surface area (TPSA) is 29.5 Å². The van der Waals surface area contributed by atoms with Crippen LogP contribution in [0, 0.1) is 16.2 Å². The fraction of sp³-hybridized carbons (Fsp3) is 1.00. The highest BCUT2D eigenvalue weighted by Crippen LogP contribution is 2.49.